The fourth-order valence-electron chi connectivity index (χ4n) is 4.68. The van der Waals surface area contributed by atoms with Crippen LogP contribution < -0.4 is 10.2 Å². The number of hydrogen-bond acceptors (Lipinski definition) is 3. The normalized spacial score (nSPS) is 22.1. The minimum Gasteiger partial charge on any atom is -0.326 e. The molecule has 0 unspecified atom stereocenters. The van der Waals surface area contributed by atoms with Crippen LogP contribution in [0.4, 0.5) is 32.0 Å². The molecule has 0 aromatic heterocycles. The van der Waals surface area contributed by atoms with E-state index in [1.807, 2.05) is 0 Å². The summed E-state index contributed by atoms with van der Waals surface area (Å²) in [6, 6.07) is 10.0. The molecule has 0 fully saturated rings. The summed E-state index contributed by atoms with van der Waals surface area (Å²) in [5.74, 6) is -4.05. The monoisotopic (exact) mass is 510 g/mol. The molecule has 1 atom stereocenters. The van der Waals surface area contributed by atoms with E-state index in [2.05, 4.69) is 0 Å². The highest BCUT2D eigenvalue weighted by Gasteiger charge is 2.72. The second-order valence-corrected chi connectivity index (χ2v) is 9.52. The van der Waals surface area contributed by atoms with Gasteiger partial charge in [-0.25, -0.2) is 0 Å². The van der Waals surface area contributed by atoms with Crippen molar-refractivity contribution >= 4 is 23.3 Å². The van der Waals surface area contributed by atoms with Crippen molar-refractivity contribution < 1.29 is 40.7 Å². The quantitative estimate of drug-likeness (QED) is 0.561. The standard InChI is InChI=1S/C25H20F6N2O3/c1-22(2)12-17-19(18(34)13-22)23(25(29,30)31,32-20(35)14-7-4-3-5-8-14)21(36)33(17)16-10-6-9-15(11-16)24(26,27)28/h3-11H,12-13H2,1-2H3,(H,32,35)/t23-/m1/s1. The van der Waals surface area contributed by atoms with Gasteiger partial charge in [0.25, 0.3) is 11.8 Å². The Kier molecular flexibility index (Phi) is 5.81. The Morgan fingerprint density at radius 1 is 0.917 bits per heavy atom. The van der Waals surface area contributed by atoms with Gasteiger partial charge >= 0.3 is 12.4 Å². The van der Waals surface area contributed by atoms with Gasteiger partial charge in [0.05, 0.1) is 11.1 Å². The van der Waals surface area contributed by atoms with E-state index in [0.29, 0.717) is 17.0 Å². The minimum atomic E-state index is -5.48. The van der Waals surface area contributed by atoms with Gasteiger partial charge in [-0.1, -0.05) is 38.1 Å². The number of hydrogen-bond donors (Lipinski definition) is 1. The van der Waals surface area contributed by atoms with E-state index < -0.39 is 57.7 Å². The molecule has 2 aliphatic rings. The molecule has 2 aromatic rings. The lowest BCUT2D eigenvalue weighted by atomic mass is 9.72. The molecule has 0 saturated heterocycles. The molecule has 4 rings (SSSR count). The van der Waals surface area contributed by atoms with Gasteiger partial charge in [-0.3, -0.25) is 19.3 Å². The number of carbonyl (C=O) groups is 3. The van der Waals surface area contributed by atoms with Gasteiger partial charge in [0.15, 0.2) is 5.78 Å². The van der Waals surface area contributed by atoms with Crippen LogP contribution in [0.3, 0.4) is 0 Å². The average molecular weight is 510 g/mol. The smallest absolute Gasteiger partial charge is 0.326 e. The van der Waals surface area contributed by atoms with Crippen molar-refractivity contribution in [3.8, 4) is 0 Å². The number of benzene rings is 2. The van der Waals surface area contributed by atoms with E-state index in [0.717, 1.165) is 12.1 Å². The number of allylic oxidation sites excluding steroid dienone is 1. The summed E-state index contributed by atoms with van der Waals surface area (Å²) in [4.78, 5) is 40.2. The predicted octanol–water partition coefficient (Wildman–Crippen LogP) is 5.43. The molecule has 2 amide bonds. The first kappa shape index (κ1) is 25.5. The number of amides is 2. The maximum Gasteiger partial charge on any atom is 0.425 e. The number of anilines is 1. The first-order valence-corrected chi connectivity index (χ1v) is 10.8. The van der Waals surface area contributed by atoms with Crippen LogP contribution in [0.5, 0.6) is 0 Å². The third-order valence-corrected chi connectivity index (χ3v) is 6.22. The molecule has 36 heavy (non-hydrogen) atoms. The summed E-state index contributed by atoms with van der Waals surface area (Å²) in [7, 11) is 0. The van der Waals surface area contributed by atoms with E-state index in [1.54, 1.807) is 19.2 Å². The van der Waals surface area contributed by atoms with Crippen molar-refractivity contribution in [3.05, 3.63) is 77.0 Å². The van der Waals surface area contributed by atoms with Crippen LogP contribution in [-0.2, 0) is 15.8 Å². The molecule has 2 aromatic carbocycles. The number of nitrogens with one attached hydrogen (secondary N) is 1. The van der Waals surface area contributed by atoms with Gasteiger partial charge in [-0.15, -0.1) is 0 Å². The second kappa shape index (κ2) is 8.21. The molecule has 0 radical (unpaired) electrons. The average Bonchev–Trinajstić information content (AvgIpc) is 3.01. The molecule has 1 N–H and O–H groups in total. The number of nitrogens with zero attached hydrogens (tertiary/aromatic N) is 1. The lowest BCUT2D eigenvalue weighted by Gasteiger charge is -2.35. The minimum absolute atomic E-state index is 0.197. The first-order chi connectivity index (χ1) is 16.6. The van der Waals surface area contributed by atoms with Crippen LogP contribution in [0.15, 0.2) is 65.9 Å². The third kappa shape index (κ3) is 4.06. The topological polar surface area (TPSA) is 66.5 Å². The predicted molar refractivity (Wildman–Crippen MR) is 117 cm³/mol. The molecule has 1 aliphatic heterocycles. The Morgan fingerprint density at radius 3 is 2.14 bits per heavy atom. The fourth-order valence-corrected chi connectivity index (χ4v) is 4.68. The van der Waals surface area contributed by atoms with Crippen LogP contribution in [0.1, 0.15) is 42.6 Å². The summed E-state index contributed by atoms with van der Waals surface area (Å²) in [6.45, 7) is 3.19. The van der Waals surface area contributed by atoms with E-state index >= 15 is 0 Å². The highest BCUT2D eigenvalue weighted by atomic mass is 19.4. The number of ketones is 1. The van der Waals surface area contributed by atoms with Gasteiger partial charge in [0, 0.05) is 23.4 Å². The lowest BCUT2D eigenvalue weighted by molar-refractivity contribution is -0.186. The Hall–Kier alpha value is -3.63. The number of carbonyl (C=O) groups excluding carboxylic acids is 3. The van der Waals surface area contributed by atoms with Crippen molar-refractivity contribution in [1.82, 2.24) is 5.32 Å². The Bertz CT molecular complexity index is 1280. The van der Waals surface area contributed by atoms with Crippen LogP contribution in [-0.4, -0.2) is 29.3 Å². The maximum absolute atomic E-state index is 14.8. The van der Waals surface area contributed by atoms with Gasteiger partial charge in [-0.2, -0.15) is 26.3 Å². The molecule has 0 saturated carbocycles. The first-order valence-electron chi connectivity index (χ1n) is 10.8. The SMILES string of the molecule is CC1(C)CC(=O)C2=C(C1)N(c1cccc(C(F)(F)F)c1)C(=O)[C@@]2(NC(=O)c1ccccc1)C(F)(F)F. The van der Waals surface area contributed by atoms with Gasteiger partial charge < -0.3 is 5.32 Å². The van der Waals surface area contributed by atoms with Crippen molar-refractivity contribution in [3.63, 3.8) is 0 Å². The fraction of sp³-hybridized carbons (Fsp3) is 0.320. The Morgan fingerprint density at radius 2 is 1.56 bits per heavy atom. The van der Waals surface area contributed by atoms with Crippen molar-refractivity contribution in [1.29, 1.82) is 0 Å². The Balaban J connectivity index is 1.96. The second-order valence-electron chi connectivity index (χ2n) is 9.52. The van der Waals surface area contributed by atoms with Gasteiger partial charge in [0.1, 0.15) is 0 Å². The van der Waals surface area contributed by atoms with Gasteiger partial charge in [0.2, 0.25) is 5.54 Å². The van der Waals surface area contributed by atoms with Crippen LogP contribution in [0, 0.1) is 5.41 Å². The Labute approximate surface area is 201 Å². The highest BCUT2D eigenvalue weighted by Crippen LogP contribution is 2.53. The molecule has 0 bridgehead atoms. The van der Waals surface area contributed by atoms with Crippen molar-refractivity contribution in [2.24, 2.45) is 5.41 Å². The third-order valence-electron chi connectivity index (χ3n) is 6.22. The molecular weight excluding hydrogens is 490 g/mol. The molecular formula is C25H20F6N2O3. The van der Waals surface area contributed by atoms with Crippen LogP contribution >= 0.6 is 0 Å². The highest BCUT2D eigenvalue weighted by molar-refractivity contribution is 6.21. The largest absolute Gasteiger partial charge is 0.425 e. The summed E-state index contributed by atoms with van der Waals surface area (Å²) in [6.07, 6.45) is -10.9. The number of alkyl halides is 6. The molecule has 5 nitrogen and oxygen atoms in total. The zero-order valence-electron chi connectivity index (χ0n) is 19.1. The molecule has 190 valence electrons. The van der Waals surface area contributed by atoms with E-state index in [4.69, 9.17) is 0 Å². The van der Waals surface area contributed by atoms with Crippen LogP contribution in [0.25, 0.3) is 0 Å². The lowest BCUT2D eigenvalue weighted by Crippen LogP contribution is -2.66. The summed E-state index contributed by atoms with van der Waals surface area (Å²) >= 11 is 0. The summed E-state index contributed by atoms with van der Waals surface area (Å²) in [5.41, 5.74) is -7.88. The molecule has 1 aliphatic carbocycles. The zero-order chi connectivity index (χ0) is 26.7. The maximum atomic E-state index is 14.8. The van der Waals surface area contributed by atoms with E-state index in [-0.39, 0.29) is 24.1 Å². The van der Waals surface area contributed by atoms with E-state index in [1.165, 1.54) is 30.3 Å². The van der Waals surface area contributed by atoms with Crippen molar-refractivity contribution in [2.45, 2.75) is 44.6 Å². The molecule has 1 heterocycles. The van der Waals surface area contributed by atoms with Crippen LogP contribution in [0.2, 0.25) is 0 Å². The molecule has 11 heteroatoms. The summed E-state index contributed by atoms with van der Waals surface area (Å²) < 4.78 is 84.5. The summed E-state index contributed by atoms with van der Waals surface area (Å²) in [5, 5.41) is 1.74. The van der Waals surface area contributed by atoms with Crippen molar-refractivity contribution in [2.75, 3.05) is 4.90 Å². The van der Waals surface area contributed by atoms with E-state index in [9.17, 15) is 40.7 Å². The van der Waals surface area contributed by atoms with Gasteiger partial charge in [-0.05, 0) is 42.2 Å². The molecule has 0 spiro atoms. The number of Topliss-reactive ketones (excluding diaryl/α,β-unsaturated/α-hetero) is 1. The zero-order valence-corrected chi connectivity index (χ0v) is 19.1. The number of halogens is 6. The number of rotatable bonds is 3.